The van der Waals surface area contributed by atoms with E-state index < -0.39 is 0 Å². The topological polar surface area (TPSA) is 67.2 Å². The molecule has 0 aliphatic carbocycles. The second-order valence-electron chi connectivity index (χ2n) is 4.97. The summed E-state index contributed by atoms with van der Waals surface area (Å²) in [6, 6.07) is 7.20. The molecule has 0 atom stereocenters. The maximum atomic E-state index is 12.0. The van der Waals surface area contributed by atoms with Crippen molar-refractivity contribution in [3.8, 4) is 0 Å². The van der Waals surface area contributed by atoms with Crippen LogP contribution in [0.15, 0.2) is 41.1 Å². The first-order valence-corrected chi connectivity index (χ1v) is 6.65. The highest BCUT2D eigenvalue weighted by Crippen LogP contribution is 2.09. The molecule has 5 heteroatoms. The van der Waals surface area contributed by atoms with Gasteiger partial charge in [0.05, 0.1) is 12.8 Å². The SMILES string of the molecule is CC(C)CNc1ccnc(C(=O)NCc2ccco2)c1. The molecule has 1 amide bonds. The van der Waals surface area contributed by atoms with Crippen LogP contribution in [0.1, 0.15) is 30.1 Å². The quantitative estimate of drug-likeness (QED) is 0.849. The zero-order valence-electron chi connectivity index (χ0n) is 11.7. The molecule has 2 aromatic heterocycles. The summed E-state index contributed by atoms with van der Waals surface area (Å²) in [5.41, 5.74) is 1.29. The molecule has 20 heavy (non-hydrogen) atoms. The van der Waals surface area contributed by atoms with Crippen LogP contribution in [0.25, 0.3) is 0 Å². The lowest BCUT2D eigenvalue weighted by Crippen LogP contribution is -2.23. The zero-order chi connectivity index (χ0) is 14.4. The highest BCUT2D eigenvalue weighted by atomic mass is 16.3. The molecule has 106 valence electrons. The molecule has 2 rings (SSSR count). The van der Waals surface area contributed by atoms with E-state index in [0.717, 1.165) is 12.2 Å². The summed E-state index contributed by atoms with van der Waals surface area (Å²) in [4.78, 5) is 16.1. The molecule has 5 nitrogen and oxygen atoms in total. The Balaban J connectivity index is 1.93. The number of hydrogen-bond acceptors (Lipinski definition) is 4. The monoisotopic (exact) mass is 273 g/mol. The van der Waals surface area contributed by atoms with Crippen LogP contribution in [-0.4, -0.2) is 17.4 Å². The number of anilines is 1. The smallest absolute Gasteiger partial charge is 0.270 e. The van der Waals surface area contributed by atoms with Crippen molar-refractivity contribution in [2.24, 2.45) is 5.92 Å². The number of nitrogens with one attached hydrogen (secondary N) is 2. The third-order valence-corrected chi connectivity index (χ3v) is 2.71. The summed E-state index contributed by atoms with van der Waals surface area (Å²) in [7, 11) is 0. The average Bonchev–Trinajstić information content (AvgIpc) is 2.96. The van der Waals surface area contributed by atoms with Gasteiger partial charge in [-0.25, -0.2) is 0 Å². The molecule has 0 unspecified atom stereocenters. The van der Waals surface area contributed by atoms with Gasteiger partial charge in [0.2, 0.25) is 0 Å². The minimum absolute atomic E-state index is 0.213. The van der Waals surface area contributed by atoms with Crippen LogP contribution in [0.4, 0.5) is 5.69 Å². The van der Waals surface area contributed by atoms with Gasteiger partial charge in [-0.3, -0.25) is 9.78 Å². The molecular weight excluding hydrogens is 254 g/mol. The molecule has 0 aliphatic rings. The normalized spacial score (nSPS) is 10.6. The highest BCUT2D eigenvalue weighted by molar-refractivity contribution is 5.93. The number of rotatable bonds is 6. The van der Waals surface area contributed by atoms with Gasteiger partial charge in [-0.1, -0.05) is 13.8 Å². The van der Waals surface area contributed by atoms with Crippen molar-refractivity contribution in [2.45, 2.75) is 20.4 Å². The number of carbonyl (C=O) groups excluding carboxylic acids is 1. The van der Waals surface area contributed by atoms with E-state index in [4.69, 9.17) is 4.42 Å². The number of pyridine rings is 1. The van der Waals surface area contributed by atoms with Crippen LogP contribution in [0, 0.1) is 5.92 Å². The van der Waals surface area contributed by atoms with Crippen molar-refractivity contribution < 1.29 is 9.21 Å². The highest BCUT2D eigenvalue weighted by Gasteiger charge is 2.08. The Labute approximate surface area is 118 Å². The number of nitrogens with zero attached hydrogens (tertiary/aromatic N) is 1. The number of carbonyl (C=O) groups is 1. The molecule has 0 radical (unpaired) electrons. The van der Waals surface area contributed by atoms with Gasteiger partial charge < -0.3 is 15.1 Å². The van der Waals surface area contributed by atoms with E-state index in [2.05, 4.69) is 29.5 Å². The fourth-order valence-electron chi connectivity index (χ4n) is 1.66. The Morgan fingerprint density at radius 2 is 2.25 bits per heavy atom. The van der Waals surface area contributed by atoms with E-state index in [0.29, 0.717) is 23.9 Å². The fraction of sp³-hybridized carbons (Fsp3) is 0.333. The minimum atomic E-state index is -0.213. The molecule has 0 saturated heterocycles. The third kappa shape index (κ3) is 4.12. The van der Waals surface area contributed by atoms with E-state index >= 15 is 0 Å². The van der Waals surface area contributed by atoms with Gasteiger partial charge in [-0.05, 0) is 30.2 Å². The summed E-state index contributed by atoms with van der Waals surface area (Å²) >= 11 is 0. The van der Waals surface area contributed by atoms with Crippen molar-refractivity contribution in [2.75, 3.05) is 11.9 Å². The zero-order valence-corrected chi connectivity index (χ0v) is 11.7. The molecular formula is C15H19N3O2. The number of aromatic nitrogens is 1. The van der Waals surface area contributed by atoms with E-state index in [1.807, 2.05) is 12.1 Å². The van der Waals surface area contributed by atoms with E-state index in [-0.39, 0.29) is 5.91 Å². The first kappa shape index (κ1) is 14.1. The van der Waals surface area contributed by atoms with Crippen LogP contribution in [0.2, 0.25) is 0 Å². The number of amides is 1. The Hall–Kier alpha value is -2.30. The first-order valence-electron chi connectivity index (χ1n) is 6.65. The van der Waals surface area contributed by atoms with Crippen LogP contribution < -0.4 is 10.6 Å². The lowest BCUT2D eigenvalue weighted by molar-refractivity contribution is 0.0943. The summed E-state index contributed by atoms with van der Waals surface area (Å²) in [6.45, 7) is 5.48. The van der Waals surface area contributed by atoms with Gasteiger partial charge in [0.15, 0.2) is 0 Å². The van der Waals surface area contributed by atoms with Crippen LogP contribution in [0.3, 0.4) is 0 Å². The van der Waals surface area contributed by atoms with Crippen molar-refractivity contribution in [1.82, 2.24) is 10.3 Å². The van der Waals surface area contributed by atoms with Crippen molar-refractivity contribution >= 4 is 11.6 Å². The second kappa shape index (κ2) is 6.75. The van der Waals surface area contributed by atoms with E-state index in [1.54, 1.807) is 24.6 Å². The Kier molecular flexibility index (Phi) is 4.76. The molecule has 0 aromatic carbocycles. The number of hydrogen-bond donors (Lipinski definition) is 2. The van der Waals surface area contributed by atoms with Crippen LogP contribution in [-0.2, 0) is 6.54 Å². The minimum Gasteiger partial charge on any atom is -0.467 e. The van der Waals surface area contributed by atoms with E-state index in [1.165, 1.54) is 0 Å². The van der Waals surface area contributed by atoms with Crippen molar-refractivity contribution in [1.29, 1.82) is 0 Å². The lowest BCUT2D eigenvalue weighted by Gasteiger charge is -2.09. The predicted molar refractivity (Wildman–Crippen MR) is 77.4 cm³/mol. The molecule has 2 aromatic rings. The summed E-state index contributed by atoms with van der Waals surface area (Å²) in [5.74, 6) is 1.04. The first-order chi connectivity index (χ1) is 9.65. The lowest BCUT2D eigenvalue weighted by atomic mass is 10.2. The van der Waals surface area contributed by atoms with Crippen LogP contribution in [0.5, 0.6) is 0 Å². The Bertz CT molecular complexity index is 550. The fourth-order valence-corrected chi connectivity index (χ4v) is 1.66. The summed E-state index contributed by atoms with van der Waals surface area (Å²) < 4.78 is 5.16. The molecule has 2 N–H and O–H groups in total. The summed E-state index contributed by atoms with van der Waals surface area (Å²) in [6.07, 6.45) is 3.21. The maximum absolute atomic E-state index is 12.0. The molecule has 0 bridgehead atoms. The average molecular weight is 273 g/mol. The Morgan fingerprint density at radius 3 is 2.95 bits per heavy atom. The molecule has 0 saturated carbocycles. The predicted octanol–water partition coefficient (Wildman–Crippen LogP) is 2.67. The van der Waals surface area contributed by atoms with Gasteiger partial charge in [0.25, 0.3) is 5.91 Å². The van der Waals surface area contributed by atoms with Crippen molar-refractivity contribution in [3.05, 3.63) is 48.2 Å². The van der Waals surface area contributed by atoms with Gasteiger partial charge in [-0.15, -0.1) is 0 Å². The van der Waals surface area contributed by atoms with Gasteiger partial charge >= 0.3 is 0 Å². The van der Waals surface area contributed by atoms with Crippen LogP contribution >= 0.6 is 0 Å². The molecule has 0 aliphatic heterocycles. The molecule has 0 spiro atoms. The van der Waals surface area contributed by atoms with E-state index in [9.17, 15) is 4.79 Å². The molecule has 0 fully saturated rings. The largest absolute Gasteiger partial charge is 0.467 e. The summed E-state index contributed by atoms with van der Waals surface area (Å²) in [5, 5.41) is 6.04. The third-order valence-electron chi connectivity index (χ3n) is 2.71. The molecule has 2 heterocycles. The van der Waals surface area contributed by atoms with Gasteiger partial charge in [-0.2, -0.15) is 0 Å². The Morgan fingerprint density at radius 1 is 1.40 bits per heavy atom. The standard InChI is InChI=1S/C15H19N3O2/c1-11(2)9-17-12-5-6-16-14(8-12)15(19)18-10-13-4-3-7-20-13/h3-8,11H,9-10H2,1-2H3,(H,16,17)(H,18,19). The van der Waals surface area contributed by atoms with Gasteiger partial charge in [0.1, 0.15) is 11.5 Å². The maximum Gasteiger partial charge on any atom is 0.270 e. The van der Waals surface area contributed by atoms with Gasteiger partial charge in [0, 0.05) is 18.4 Å². The second-order valence-corrected chi connectivity index (χ2v) is 4.97. The van der Waals surface area contributed by atoms with Crippen molar-refractivity contribution in [3.63, 3.8) is 0 Å². The number of furan rings is 1.